The number of imide groups is 1. The average Bonchev–Trinajstić information content (AvgIpc) is 3.44. The molecular formula is C25H21FN2O5. The average molecular weight is 448 g/mol. The zero-order valence-electron chi connectivity index (χ0n) is 17.8. The molecular weight excluding hydrogens is 427 g/mol. The van der Waals surface area contributed by atoms with Crippen molar-refractivity contribution in [2.45, 2.75) is 13.3 Å². The number of benzene rings is 2. The molecule has 0 radical (unpaired) electrons. The monoisotopic (exact) mass is 448 g/mol. The van der Waals surface area contributed by atoms with E-state index in [2.05, 4.69) is 11.4 Å². The molecule has 0 spiro atoms. The van der Waals surface area contributed by atoms with Gasteiger partial charge in [-0.1, -0.05) is 17.7 Å². The van der Waals surface area contributed by atoms with Crippen molar-refractivity contribution >= 4 is 35.1 Å². The molecule has 2 aromatic carbocycles. The second-order valence-electron chi connectivity index (χ2n) is 8.66. The number of allylic oxidation sites excluding steroid dienone is 2. The minimum Gasteiger partial charge on any atom is -0.452 e. The number of nitrogens with zero attached hydrogens (tertiary/aromatic N) is 1. The summed E-state index contributed by atoms with van der Waals surface area (Å²) in [4.78, 5) is 51.9. The molecule has 3 amide bonds. The molecule has 168 valence electrons. The van der Waals surface area contributed by atoms with Crippen LogP contribution in [0.2, 0.25) is 0 Å². The Labute approximate surface area is 189 Å². The molecule has 2 bridgehead atoms. The van der Waals surface area contributed by atoms with Gasteiger partial charge in [-0.05, 0) is 67.6 Å². The van der Waals surface area contributed by atoms with E-state index in [0.717, 1.165) is 6.42 Å². The molecule has 2 aromatic rings. The van der Waals surface area contributed by atoms with Crippen LogP contribution in [0.1, 0.15) is 23.7 Å². The maximum absolute atomic E-state index is 13.1. The third-order valence-corrected chi connectivity index (χ3v) is 6.68. The smallest absolute Gasteiger partial charge is 0.338 e. The number of anilines is 2. The molecule has 1 heterocycles. The van der Waals surface area contributed by atoms with Crippen molar-refractivity contribution in [1.29, 1.82) is 0 Å². The molecule has 1 aliphatic heterocycles. The Bertz CT molecular complexity index is 1210. The molecule has 2 fully saturated rings. The van der Waals surface area contributed by atoms with Gasteiger partial charge >= 0.3 is 5.97 Å². The van der Waals surface area contributed by atoms with E-state index in [-0.39, 0.29) is 41.0 Å². The van der Waals surface area contributed by atoms with Crippen LogP contribution >= 0.6 is 0 Å². The molecule has 8 heteroatoms. The Morgan fingerprint density at radius 3 is 2.58 bits per heavy atom. The fourth-order valence-corrected chi connectivity index (χ4v) is 5.25. The molecule has 2 aliphatic carbocycles. The lowest BCUT2D eigenvalue weighted by molar-refractivity contribution is -0.123. The number of nitrogens with one attached hydrogen (secondary N) is 1. The molecule has 1 saturated carbocycles. The highest BCUT2D eigenvalue weighted by molar-refractivity contribution is 6.23. The van der Waals surface area contributed by atoms with E-state index in [0.29, 0.717) is 11.4 Å². The van der Waals surface area contributed by atoms with Crippen molar-refractivity contribution in [1.82, 2.24) is 0 Å². The summed E-state index contributed by atoms with van der Waals surface area (Å²) < 4.78 is 18.0. The van der Waals surface area contributed by atoms with Gasteiger partial charge in [-0.15, -0.1) is 0 Å². The molecule has 0 aromatic heterocycles. The van der Waals surface area contributed by atoms with E-state index < -0.39 is 24.3 Å². The highest BCUT2D eigenvalue weighted by atomic mass is 19.1. The second kappa shape index (κ2) is 7.95. The second-order valence-corrected chi connectivity index (χ2v) is 8.66. The van der Waals surface area contributed by atoms with Gasteiger partial charge in [-0.3, -0.25) is 14.4 Å². The number of carbonyl (C=O) groups is 4. The Balaban J connectivity index is 1.25. The van der Waals surface area contributed by atoms with Gasteiger partial charge in [0, 0.05) is 5.69 Å². The van der Waals surface area contributed by atoms with Crippen molar-refractivity contribution in [2.75, 3.05) is 16.8 Å². The van der Waals surface area contributed by atoms with Crippen molar-refractivity contribution in [3.05, 3.63) is 71.6 Å². The topological polar surface area (TPSA) is 92.8 Å². The van der Waals surface area contributed by atoms with Gasteiger partial charge in [-0.25, -0.2) is 14.1 Å². The fourth-order valence-electron chi connectivity index (χ4n) is 5.25. The van der Waals surface area contributed by atoms with Crippen molar-refractivity contribution in [2.24, 2.45) is 23.7 Å². The first-order valence-corrected chi connectivity index (χ1v) is 10.7. The summed E-state index contributed by atoms with van der Waals surface area (Å²) in [6.07, 6.45) is 2.95. The van der Waals surface area contributed by atoms with Gasteiger partial charge in [-0.2, -0.15) is 0 Å². The standard InChI is InChI=1S/C25H21FN2O5/c1-13-9-15-11-19(13)22-21(15)23(30)28(24(22)31)18-4-2-3-14(10-18)25(32)33-12-20(29)27-17-7-5-16(26)6-8-17/h2-10,15,19,21-22H,11-12H2,1H3,(H,27,29)/t15-,19+,21-,22+/m0/s1. The van der Waals surface area contributed by atoms with Crippen LogP contribution in [-0.4, -0.2) is 30.3 Å². The number of carbonyl (C=O) groups excluding carboxylic acids is 4. The first-order valence-electron chi connectivity index (χ1n) is 10.7. The lowest BCUT2D eigenvalue weighted by Gasteiger charge is -2.19. The largest absolute Gasteiger partial charge is 0.452 e. The normalized spacial score (nSPS) is 25.2. The summed E-state index contributed by atoms with van der Waals surface area (Å²) in [6, 6.07) is 11.3. The van der Waals surface area contributed by atoms with Crippen LogP contribution in [0, 0.1) is 29.5 Å². The van der Waals surface area contributed by atoms with Crippen LogP contribution in [0.4, 0.5) is 15.8 Å². The predicted molar refractivity (Wildman–Crippen MR) is 117 cm³/mol. The minimum atomic E-state index is -0.761. The molecule has 7 nitrogen and oxygen atoms in total. The van der Waals surface area contributed by atoms with Crippen LogP contribution in [0.15, 0.2) is 60.2 Å². The van der Waals surface area contributed by atoms with E-state index in [1.165, 1.54) is 46.9 Å². The third-order valence-electron chi connectivity index (χ3n) is 6.68. The summed E-state index contributed by atoms with van der Waals surface area (Å²) in [6.45, 7) is 1.46. The van der Waals surface area contributed by atoms with Gasteiger partial charge in [0.25, 0.3) is 5.91 Å². The van der Waals surface area contributed by atoms with E-state index in [1.54, 1.807) is 12.1 Å². The van der Waals surface area contributed by atoms with E-state index in [4.69, 9.17) is 4.74 Å². The summed E-state index contributed by atoms with van der Waals surface area (Å²) in [7, 11) is 0. The van der Waals surface area contributed by atoms with Gasteiger partial charge in [0.1, 0.15) is 5.82 Å². The lowest BCUT2D eigenvalue weighted by atomic mass is 9.82. The molecule has 5 rings (SSSR count). The van der Waals surface area contributed by atoms with Gasteiger partial charge in [0.2, 0.25) is 11.8 Å². The SMILES string of the molecule is CC1=C[C@H]2C[C@H]1[C@H]1C(=O)N(c3cccc(C(=O)OCC(=O)Nc4ccc(F)cc4)c3)C(=O)[C@H]12. The maximum atomic E-state index is 13.1. The van der Waals surface area contributed by atoms with Crippen LogP contribution in [-0.2, 0) is 19.1 Å². The summed E-state index contributed by atoms with van der Waals surface area (Å²) in [5, 5.41) is 2.50. The summed E-state index contributed by atoms with van der Waals surface area (Å²) >= 11 is 0. The predicted octanol–water partition coefficient (Wildman–Crippen LogP) is 3.32. The Kier molecular flexibility index (Phi) is 5.08. The van der Waals surface area contributed by atoms with Crippen LogP contribution in [0.3, 0.4) is 0 Å². The highest BCUT2D eigenvalue weighted by Gasteiger charge is 2.60. The summed E-state index contributed by atoms with van der Waals surface area (Å²) in [5.74, 6) is -2.71. The first-order chi connectivity index (χ1) is 15.8. The number of halogens is 1. The molecule has 0 unspecified atom stereocenters. The first kappa shape index (κ1) is 21.1. The number of hydrogen-bond donors (Lipinski definition) is 1. The number of rotatable bonds is 5. The van der Waals surface area contributed by atoms with E-state index in [1.807, 2.05) is 6.92 Å². The quantitative estimate of drug-likeness (QED) is 0.430. The van der Waals surface area contributed by atoms with Gasteiger partial charge in [0.05, 0.1) is 23.1 Å². The molecule has 3 aliphatic rings. The number of esters is 1. The zero-order chi connectivity index (χ0) is 23.3. The number of fused-ring (bicyclic) bond motifs is 5. The van der Waals surface area contributed by atoms with E-state index in [9.17, 15) is 23.6 Å². The van der Waals surface area contributed by atoms with Crippen molar-refractivity contribution in [3.8, 4) is 0 Å². The highest BCUT2D eigenvalue weighted by Crippen LogP contribution is 2.55. The molecule has 1 saturated heterocycles. The van der Waals surface area contributed by atoms with Crippen molar-refractivity contribution in [3.63, 3.8) is 0 Å². The molecule has 4 atom stereocenters. The Morgan fingerprint density at radius 1 is 1.09 bits per heavy atom. The lowest BCUT2D eigenvalue weighted by Crippen LogP contribution is -2.33. The number of ether oxygens (including phenoxy) is 1. The maximum Gasteiger partial charge on any atom is 0.338 e. The van der Waals surface area contributed by atoms with Crippen LogP contribution < -0.4 is 10.2 Å². The van der Waals surface area contributed by atoms with Gasteiger partial charge in [0.15, 0.2) is 6.61 Å². The summed E-state index contributed by atoms with van der Waals surface area (Å²) in [5.41, 5.74) is 1.98. The molecule has 33 heavy (non-hydrogen) atoms. The third kappa shape index (κ3) is 3.61. The number of amides is 3. The van der Waals surface area contributed by atoms with Crippen molar-refractivity contribution < 1.29 is 28.3 Å². The fraction of sp³-hybridized carbons (Fsp3) is 0.280. The Hall–Kier alpha value is -3.81. The van der Waals surface area contributed by atoms with Crippen LogP contribution in [0.5, 0.6) is 0 Å². The number of hydrogen-bond acceptors (Lipinski definition) is 5. The van der Waals surface area contributed by atoms with Crippen LogP contribution in [0.25, 0.3) is 0 Å². The molecule has 1 N–H and O–H groups in total. The Morgan fingerprint density at radius 2 is 1.82 bits per heavy atom. The minimum absolute atomic E-state index is 0.0919. The van der Waals surface area contributed by atoms with Gasteiger partial charge < -0.3 is 10.1 Å². The zero-order valence-corrected chi connectivity index (χ0v) is 17.8. The van der Waals surface area contributed by atoms with E-state index >= 15 is 0 Å².